The van der Waals surface area contributed by atoms with E-state index in [1.807, 2.05) is 0 Å². The molecule has 3 rings (SSSR count). The zero-order valence-corrected chi connectivity index (χ0v) is 17.0. The van der Waals surface area contributed by atoms with Crippen molar-refractivity contribution in [2.75, 3.05) is 29.1 Å². The molecule has 0 atom stereocenters. The highest BCUT2D eigenvalue weighted by atomic mass is 32.2. The minimum Gasteiger partial charge on any atom is -0.370 e. The maximum Gasteiger partial charge on any atom is 0.248 e. The fraction of sp³-hybridized carbons (Fsp3) is 0.600. The van der Waals surface area contributed by atoms with Crippen molar-refractivity contribution in [3.8, 4) is 0 Å². The van der Waals surface area contributed by atoms with Gasteiger partial charge in [-0.3, -0.25) is 9.59 Å². The molecule has 3 N–H and O–H groups in total. The Hall–Kier alpha value is -2.09. The van der Waals surface area contributed by atoms with Gasteiger partial charge in [-0.25, -0.2) is 8.42 Å². The van der Waals surface area contributed by atoms with Gasteiger partial charge in [-0.05, 0) is 50.3 Å². The molecule has 1 heterocycles. The fourth-order valence-corrected chi connectivity index (χ4v) is 5.92. The Labute approximate surface area is 166 Å². The van der Waals surface area contributed by atoms with E-state index in [-0.39, 0.29) is 23.3 Å². The molecular formula is C20H29N3O4S. The van der Waals surface area contributed by atoms with Gasteiger partial charge < -0.3 is 16.0 Å². The van der Waals surface area contributed by atoms with Crippen LogP contribution in [0.3, 0.4) is 0 Å². The van der Waals surface area contributed by atoms with Gasteiger partial charge in [0.1, 0.15) is 0 Å². The summed E-state index contributed by atoms with van der Waals surface area (Å²) >= 11 is 0. The third-order valence-electron chi connectivity index (χ3n) is 5.68. The molecule has 8 heteroatoms. The van der Waals surface area contributed by atoms with E-state index in [0.717, 1.165) is 44.5 Å². The Morgan fingerprint density at radius 2 is 1.75 bits per heavy atom. The molecule has 1 saturated carbocycles. The number of benzene rings is 1. The lowest BCUT2D eigenvalue weighted by molar-refractivity contribution is -0.115. The Kier molecular flexibility index (Phi) is 6.59. The van der Waals surface area contributed by atoms with E-state index >= 15 is 0 Å². The monoisotopic (exact) mass is 407 g/mol. The number of carbonyl (C=O) groups excluding carboxylic acids is 2. The van der Waals surface area contributed by atoms with Crippen LogP contribution in [0.15, 0.2) is 18.2 Å². The zero-order chi connectivity index (χ0) is 20.1. The Morgan fingerprint density at radius 1 is 1.07 bits per heavy atom. The number of nitrogens with one attached hydrogen (secondary N) is 1. The number of rotatable bonds is 7. The molecule has 2 aliphatic rings. The van der Waals surface area contributed by atoms with Gasteiger partial charge in [0.15, 0.2) is 9.84 Å². The number of piperidine rings is 1. The highest BCUT2D eigenvalue weighted by Crippen LogP contribution is 2.30. The van der Waals surface area contributed by atoms with Gasteiger partial charge in [0, 0.05) is 25.1 Å². The first-order chi connectivity index (χ1) is 13.4. The first kappa shape index (κ1) is 20.6. The Morgan fingerprint density at radius 3 is 2.39 bits per heavy atom. The number of primary amides is 1. The number of carbonyl (C=O) groups is 2. The minimum atomic E-state index is -3.24. The van der Waals surface area contributed by atoms with Crippen LogP contribution in [0.4, 0.5) is 11.4 Å². The van der Waals surface area contributed by atoms with Crippen LogP contribution in [0, 0.1) is 0 Å². The summed E-state index contributed by atoms with van der Waals surface area (Å²) in [6, 6.07) is 5.04. The van der Waals surface area contributed by atoms with Crippen LogP contribution in [0.5, 0.6) is 0 Å². The molecule has 1 aromatic carbocycles. The van der Waals surface area contributed by atoms with Gasteiger partial charge in [0.05, 0.1) is 22.4 Å². The van der Waals surface area contributed by atoms with Crippen molar-refractivity contribution < 1.29 is 18.0 Å². The van der Waals surface area contributed by atoms with Crippen molar-refractivity contribution in [1.29, 1.82) is 0 Å². The van der Waals surface area contributed by atoms with Gasteiger partial charge >= 0.3 is 0 Å². The quantitative estimate of drug-likeness (QED) is 0.721. The molecule has 28 heavy (non-hydrogen) atoms. The van der Waals surface area contributed by atoms with Crippen LogP contribution < -0.4 is 16.0 Å². The predicted molar refractivity (Wildman–Crippen MR) is 110 cm³/mol. The first-order valence-electron chi connectivity index (χ1n) is 10.1. The average Bonchev–Trinajstić information content (AvgIpc) is 3.23. The summed E-state index contributed by atoms with van der Waals surface area (Å²) < 4.78 is 24.8. The second-order valence-electron chi connectivity index (χ2n) is 7.72. The Bertz CT molecular complexity index is 826. The summed E-state index contributed by atoms with van der Waals surface area (Å²) in [5.41, 5.74) is 7.06. The molecule has 1 aliphatic heterocycles. The molecule has 7 nitrogen and oxygen atoms in total. The molecule has 154 valence electrons. The molecule has 0 radical (unpaired) electrons. The van der Waals surface area contributed by atoms with E-state index in [1.54, 1.807) is 18.2 Å². The smallest absolute Gasteiger partial charge is 0.248 e. The van der Waals surface area contributed by atoms with E-state index < -0.39 is 15.7 Å². The van der Waals surface area contributed by atoms with E-state index in [1.165, 1.54) is 6.42 Å². The highest BCUT2D eigenvalue weighted by molar-refractivity contribution is 7.92. The molecule has 0 aromatic heterocycles. The zero-order valence-electron chi connectivity index (χ0n) is 16.2. The summed E-state index contributed by atoms with van der Waals surface area (Å²) in [7, 11) is -3.24. The lowest BCUT2D eigenvalue weighted by Crippen LogP contribution is -2.31. The summed E-state index contributed by atoms with van der Waals surface area (Å²) in [4.78, 5) is 26.2. The second kappa shape index (κ2) is 8.94. The van der Waals surface area contributed by atoms with Crippen LogP contribution in [0.2, 0.25) is 0 Å². The minimum absolute atomic E-state index is 0.0843. The first-order valence-corrected chi connectivity index (χ1v) is 11.8. The number of hydrogen-bond donors (Lipinski definition) is 2. The van der Waals surface area contributed by atoms with Crippen molar-refractivity contribution >= 4 is 33.0 Å². The van der Waals surface area contributed by atoms with E-state index in [2.05, 4.69) is 10.2 Å². The van der Waals surface area contributed by atoms with Crippen LogP contribution in [-0.4, -0.2) is 44.3 Å². The Balaban J connectivity index is 1.71. The lowest BCUT2D eigenvalue weighted by atomic mass is 10.1. The van der Waals surface area contributed by atoms with Gasteiger partial charge in [-0.15, -0.1) is 0 Å². The second-order valence-corrected chi connectivity index (χ2v) is 10.1. The van der Waals surface area contributed by atoms with Crippen molar-refractivity contribution in [3.05, 3.63) is 23.8 Å². The van der Waals surface area contributed by atoms with Crippen LogP contribution in [0.1, 0.15) is 61.7 Å². The average molecular weight is 408 g/mol. The number of sulfone groups is 1. The lowest BCUT2D eigenvalue weighted by Gasteiger charge is -2.30. The maximum atomic E-state index is 12.5. The van der Waals surface area contributed by atoms with Crippen molar-refractivity contribution in [2.45, 2.75) is 56.6 Å². The molecular weight excluding hydrogens is 378 g/mol. The topological polar surface area (TPSA) is 110 Å². The summed E-state index contributed by atoms with van der Waals surface area (Å²) in [6.07, 6.45) is 6.52. The molecule has 1 aliphatic carbocycles. The molecule has 0 unspecified atom stereocenters. The highest BCUT2D eigenvalue weighted by Gasteiger charge is 2.29. The number of nitrogens with two attached hydrogens (primary N) is 1. The van der Waals surface area contributed by atoms with E-state index in [4.69, 9.17) is 5.73 Å². The van der Waals surface area contributed by atoms with Crippen molar-refractivity contribution in [3.63, 3.8) is 0 Å². The van der Waals surface area contributed by atoms with Crippen LogP contribution >= 0.6 is 0 Å². The molecule has 1 saturated heterocycles. The van der Waals surface area contributed by atoms with E-state index in [9.17, 15) is 18.0 Å². The van der Waals surface area contributed by atoms with Gasteiger partial charge in [-0.1, -0.05) is 12.8 Å². The largest absolute Gasteiger partial charge is 0.370 e. The van der Waals surface area contributed by atoms with Gasteiger partial charge in [0.25, 0.3) is 0 Å². The maximum absolute atomic E-state index is 12.5. The number of amides is 2. The molecule has 0 bridgehead atoms. The third-order valence-corrected chi connectivity index (χ3v) is 7.94. The number of nitrogens with zero attached hydrogens (tertiary/aromatic N) is 1. The SMILES string of the molecule is NC(=O)c1ccc(N2CCCCC2)c(NC(=O)CCS(=O)(=O)C2CCCC2)c1. The fourth-order valence-electron chi connectivity index (χ4n) is 4.06. The molecule has 2 amide bonds. The molecule has 2 fully saturated rings. The van der Waals surface area contributed by atoms with Gasteiger partial charge in [-0.2, -0.15) is 0 Å². The summed E-state index contributed by atoms with van der Waals surface area (Å²) in [6.45, 7) is 1.77. The normalized spacial score (nSPS) is 18.2. The summed E-state index contributed by atoms with van der Waals surface area (Å²) in [5, 5.41) is 2.51. The van der Waals surface area contributed by atoms with Crippen LogP contribution in [-0.2, 0) is 14.6 Å². The van der Waals surface area contributed by atoms with E-state index in [0.29, 0.717) is 24.1 Å². The molecule has 1 aromatic rings. The third kappa shape index (κ3) is 5.04. The van der Waals surface area contributed by atoms with Crippen molar-refractivity contribution in [1.82, 2.24) is 0 Å². The number of hydrogen-bond acceptors (Lipinski definition) is 5. The van der Waals surface area contributed by atoms with Crippen molar-refractivity contribution in [2.24, 2.45) is 5.73 Å². The standard InChI is InChI=1S/C20H29N3O4S/c21-20(25)15-8-9-18(23-11-4-1-5-12-23)17(14-15)22-19(24)10-13-28(26,27)16-6-2-3-7-16/h8-9,14,16H,1-7,10-13H2,(H2,21,25)(H,22,24). The summed E-state index contributed by atoms with van der Waals surface area (Å²) in [5.74, 6) is -1.07. The van der Waals surface area contributed by atoms with Crippen LogP contribution in [0.25, 0.3) is 0 Å². The molecule has 0 spiro atoms. The predicted octanol–water partition coefficient (Wildman–Crippen LogP) is 2.46. The van der Waals surface area contributed by atoms with Gasteiger partial charge in [0.2, 0.25) is 11.8 Å². The number of anilines is 2.